The number of rotatable bonds is 32. The van der Waals surface area contributed by atoms with Gasteiger partial charge in [0.2, 0.25) is 0 Å². The Balaban J connectivity index is 0.000000595. The van der Waals surface area contributed by atoms with Gasteiger partial charge < -0.3 is 14.4 Å². The molecule has 1 atom stereocenters. The summed E-state index contributed by atoms with van der Waals surface area (Å²) in [6.45, 7) is 16.8. The molecule has 0 fully saturated rings. The van der Waals surface area contributed by atoms with Crippen molar-refractivity contribution in [3.8, 4) is 0 Å². The number of carboxylic acids is 1. The molecule has 0 aromatic heterocycles. The molecule has 4 nitrogen and oxygen atoms in total. The number of ketones is 1. The lowest BCUT2D eigenvalue weighted by molar-refractivity contribution is -0.929. The average molecular weight is 720 g/mol. The van der Waals surface area contributed by atoms with E-state index in [1.54, 1.807) is 55.5 Å². The maximum absolute atomic E-state index is 12.2. The first-order valence-electron chi connectivity index (χ1n) is 22.1. The van der Waals surface area contributed by atoms with E-state index in [-0.39, 0.29) is 5.78 Å². The molecule has 52 heavy (non-hydrogen) atoms. The summed E-state index contributed by atoms with van der Waals surface area (Å²) in [5, 5.41) is 10.9. The van der Waals surface area contributed by atoms with Crippen molar-refractivity contribution in [2.45, 2.75) is 195 Å². The zero-order chi connectivity index (χ0) is 38.1. The molecule has 2 rings (SSSR count). The summed E-state index contributed by atoms with van der Waals surface area (Å²) in [6.07, 6.45) is 34.8. The monoisotopic (exact) mass is 720 g/mol. The predicted octanol–water partition coefficient (Wildman–Crippen LogP) is 13.0. The summed E-state index contributed by atoms with van der Waals surface area (Å²) in [5.74, 6) is -2.00. The Hall–Kier alpha value is -2.46. The van der Waals surface area contributed by atoms with Gasteiger partial charge in [0.05, 0.1) is 26.2 Å². The molecule has 2 aromatic rings. The van der Waals surface area contributed by atoms with E-state index in [4.69, 9.17) is 0 Å². The smallest absolute Gasteiger partial charge is 0.193 e. The minimum atomic E-state index is -1.15. The molecule has 0 saturated heterocycles. The Bertz CT molecular complexity index is 1060. The van der Waals surface area contributed by atoms with Gasteiger partial charge >= 0.3 is 0 Å². The van der Waals surface area contributed by atoms with Crippen molar-refractivity contribution >= 4 is 11.8 Å². The number of carbonyl (C=O) groups excluding carboxylic acids is 2. The normalized spacial score (nSPS) is 11.9. The van der Waals surface area contributed by atoms with Crippen LogP contribution in [0.3, 0.4) is 0 Å². The van der Waals surface area contributed by atoms with E-state index in [2.05, 4.69) is 27.7 Å². The highest BCUT2D eigenvalue weighted by Gasteiger charge is 2.25. The van der Waals surface area contributed by atoms with Crippen LogP contribution in [0.5, 0.6) is 0 Å². The van der Waals surface area contributed by atoms with Crippen LogP contribution in [0.1, 0.15) is 216 Å². The topological polar surface area (TPSA) is 57.2 Å². The molecule has 0 bridgehead atoms. The lowest BCUT2D eigenvalue weighted by atomic mass is 9.96. The predicted molar refractivity (Wildman–Crippen MR) is 223 cm³/mol. The standard InChI is InChI=1S/C32H68N.C16H14O3/c1-5-9-13-17-21-25-29-33(30-26-22-18-14-10-6-2,31-27-23-19-15-11-7-3)32-28-24-20-16-12-8-4;1-11(16(18)19)13-8-5-9-14(10-13)15(17)12-6-3-2-4-7-12/h5-32H2,1-4H3;2-11H,1H3,(H,18,19)/q+1;/p-1. The first-order valence-corrected chi connectivity index (χ1v) is 22.1. The van der Waals surface area contributed by atoms with Gasteiger partial charge in [-0.15, -0.1) is 0 Å². The number of hydrogen-bond donors (Lipinski definition) is 0. The summed E-state index contributed by atoms with van der Waals surface area (Å²) in [4.78, 5) is 23.1. The van der Waals surface area contributed by atoms with E-state index in [1.165, 1.54) is 185 Å². The molecule has 0 aliphatic heterocycles. The number of hydrogen-bond acceptors (Lipinski definition) is 3. The third-order valence-corrected chi connectivity index (χ3v) is 11.0. The molecule has 2 aromatic carbocycles. The van der Waals surface area contributed by atoms with Gasteiger partial charge in [0.25, 0.3) is 0 Å². The molecule has 0 amide bonds. The molecule has 0 spiro atoms. The lowest BCUT2D eigenvalue weighted by Gasteiger charge is -2.40. The van der Waals surface area contributed by atoms with Crippen molar-refractivity contribution in [1.29, 1.82) is 0 Å². The van der Waals surface area contributed by atoms with Crippen LogP contribution in [0.15, 0.2) is 54.6 Å². The molecule has 0 N–H and O–H groups in total. The van der Waals surface area contributed by atoms with Crippen LogP contribution in [-0.2, 0) is 4.79 Å². The van der Waals surface area contributed by atoms with E-state index in [0.717, 1.165) is 0 Å². The van der Waals surface area contributed by atoms with Crippen LogP contribution in [0.4, 0.5) is 0 Å². The van der Waals surface area contributed by atoms with Gasteiger partial charge in [0.1, 0.15) is 0 Å². The molecular weight excluding hydrogens is 639 g/mol. The number of carbonyl (C=O) groups is 2. The van der Waals surface area contributed by atoms with Gasteiger partial charge in [0, 0.05) is 23.0 Å². The van der Waals surface area contributed by atoms with Gasteiger partial charge in [-0.05, 0) is 63.0 Å². The van der Waals surface area contributed by atoms with E-state index in [9.17, 15) is 14.7 Å². The van der Waals surface area contributed by atoms with Gasteiger partial charge in [-0.3, -0.25) is 4.79 Å². The average Bonchev–Trinajstić information content (AvgIpc) is 3.17. The molecule has 0 aliphatic rings. The van der Waals surface area contributed by atoms with Crippen LogP contribution in [0.2, 0.25) is 0 Å². The van der Waals surface area contributed by atoms with E-state index >= 15 is 0 Å². The zero-order valence-corrected chi connectivity index (χ0v) is 34.7. The van der Waals surface area contributed by atoms with Gasteiger partial charge in [-0.1, -0.05) is 186 Å². The number of unbranched alkanes of at least 4 members (excludes halogenated alkanes) is 20. The Labute approximate surface area is 322 Å². The quantitative estimate of drug-likeness (QED) is 0.0430. The van der Waals surface area contributed by atoms with Crippen molar-refractivity contribution in [3.05, 3.63) is 71.3 Å². The second-order valence-electron chi connectivity index (χ2n) is 15.7. The molecular formula is C48H81NO3. The van der Waals surface area contributed by atoms with Crippen molar-refractivity contribution in [3.63, 3.8) is 0 Å². The van der Waals surface area contributed by atoms with Gasteiger partial charge in [-0.25, -0.2) is 0 Å². The Morgan fingerprint density at radius 1 is 0.481 bits per heavy atom. The fourth-order valence-corrected chi connectivity index (χ4v) is 7.42. The Kier molecular flexibility index (Phi) is 29.3. The first kappa shape index (κ1) is 47.6. The van der Waals surface area contributed by atoms with Crippen molar-refractivity contribution in [1.82, 2.24) is 0 Å². The molecule has 0 radical (unpaired) electrons. The van der Waals surface area contributed by atoms with Crippen molar-refractivity contribution in [2.24, 2.45) is 0 Å². The molecule has 296 valence electrons. The van der Waals surface area contributed by atoms with Crippen molar-refractivity contribution < 1.29 is 19.2 Å². The lowest BCUT2D eigenvalue weighted by Crippen LogP contribution is -2.50. The second-order valence-corrected chi connectivity index (χ2v) is 15.7. The number of nitrogens with zero attached hydrogens (tertiary/aromatic N) is 1. The Morgan fingerprint density at radius 2 is 0.827 bits per heavy atom. The highest BCUT2D eigenvalue weighted by Crippen LogP contribution is 2.21. The van der Waals surface area contributed by atoms with E-state index in [1.807, 2.05) is 6.07 Å². The SMILES string of the molecule is CC(C(=O)[O-])c1cccc(C(=O)c2ccccc2)c1.CCCCCCCC[N+](CCCCCCCC)(CCCCCCCC)CCCCCCCC. The van der Waals surface area contributed by atoms with Crippen LogP contribution in [0, 0.1) is 0 Å². The van der Waals surface area contributed by atoms with Gasteiger partial charge in [0.15, 0.2) is 5.78 Å². The maximum Gasteiger partial charge on any atom is 0.193 e. The summed E-state index contributed by atoms with van der Waals surface area (Å²) < 4.78 is 1.48. The molecule has 0 heterocycles. The summed E-state index contributed by atoms with van der Waals surface area (Å²) >= 11 is 0. The van der Waals surface area contributed by atoms with Crippen LogP contribution in [-0.4, -0.2) is 42.4 Å². The minimum Gasteiger partial charge on any atom is -0.550 e. The summed E-state index contributed by atoms with van der Waals surface area (Å²) in [6, 6.07) is 15.5. The van der Waals surface area contributed by atoms with E-state index in [0.29, 0.717) is 16.7 Å². The highest BCUT2D eigenvalue weighted by molar-refractivity contribution is 6.09. The number of quaternary nitrogens is 1. The van der Waals surface area contributed by atoms with E-state index < -0.39 is 11.9 Å². The Morgan fingerprint density at radius 3 is 1.19 bits per heavy atom. The first-order chi connectivity index (χ1) is 25.3. The largest absolute Gasteiger partial charge is 0.550 e. The molecule has 4 heteroatoms. The number of benzene rings is 2. The highest BCUT2D eigenvalue weighted by atomic mass is 16.4. The fourth-order valence-electron chi connectivity index (χ4n) is 7.42. The number of aliphatic carboxylic acids is 1. The molecule has 0 aliphatic carbocycles. The third-order valence-electron chi connectivity index (χ3n) is 11.0. The van der Waals surface area contributed by atoms with Crippen LogP contribution < -0.4 is 5.11 Å². The van der Waals surface area contributed by atoms with Crippen LogP contribution >= 0.6 is 0 Å². The minimum absolute atomic E-state index is 0.118. The summed E-state index contributed by atoms with van der Waals surface area (Å²) in [5.41, 5.74) is 1.64. The zero-order valence-electron chi connectivity index (χ0n) is 34.7. The van der Waals surface area contributed by atoms with Crippen molar-refractivity contribution in [2.75, 3.05) is 26.2 Å². The van der Waals surface area contributed by atoms with Crippen LogP contribution in [0.25, 0.3) is 0 Å². The molecule has 1 unspecified atom stereocenters. The van der Waals surface area contributed by atoms with Gasteiger partial charge in [-0.2, -0.15) is 0 Å². The number of carboxylic acid groups (broad SMARTS) is 1. The third kappa shape index (κ3) is 22.6. The summed E-state index contributed by atoms with van der Waals surface area (Å²) in [7, 11) is 0. The molecule has 0 saturated carbocycles. The maximum atomic E-state index is 12.2. The second kappa shape index (κ2) is 32.0. The fraction of sp³-hybridized carbons (Fsp3) is 0.708.